The van der Waals surface area contributed by atoms with E-state index >= 15 is 0 Å². The van der Waals surface area contributed by atoms with Crippen molar-refractivity contribution in [2.24, 2.45) is 0 Å². The number of carbonyl (C=O) groups is 1. The van der Waals surface area contributed by atoms with E-state index < -0.39 is 21.4 Å². The van der Waals surface area contributed by atoms with Crippen molar-refractivity contribution >= 4 is 32.5 Å². The topological polar surface area (TPSA) is 117 Å². The molecule has 1 aliphatic heterocycles. The maximum absolute atomic E-state index is 13.0. The largest absolute Gasteiger partial charge is 0.376 e. The highest BCUT2D eigenvalue weighted by Gasteiger charge is 2.20. The summed E-state index contributed by atoms with van der Waals surface area (Å²) >= 11 is 0. The van der Waals surface area contributed by atoms with Gasteiger partial charge in [0.1, 0.15) is 5.56 Å². The summed E-state index contributed by atoms with van der Waals surface area (Å²) in [5, 5.41) is 2.84. The van der Waals surface area contributed by atoms with E-state index in [1.54, 1.807) is 12.1 Å². The van der Waals surface area contributed by atoms with Crippen molar-refractivity contribution in [3.63, 3.8) is 0 Å². The first-order chi connectivity index (χ1) is 15.7. The van der Waals surface area contributed by atoms with Crippen LogP contribution in [-0.2, 0) is 14.8 Å². The maximum Gasteiger partial charge on any atom is 0.261 e. The average molecular weight is 470 g/mol. The first-order valence-electron chi connectivity index (χ1n) is 10.9. The van der Waals surface area contributed by atoms with E-state index in [9.17, 15) is 18.0 Å². The molecule has 4 rings (SSSR count). The van der Waals surface area contributed by atoms with Gasteiger partial charge in [0.05, 0.1) is 11.0 Å². The van der Waals surface area contributed by atoms with Crippen LogP contribution < -0.4 is 15.5 Å². The van der Waals surface area contributed by atoms with E-state index in [2.05, 4.69) is 28.9 Å². The van der Waals surface area contributed by atoms with Crippen LogP contribution in [0.1, 0.15) is 48.5 Å². The summed E-state index contributed by atoms with van der Waals surface area (Å²) in [6.07, 6.45) is 3.11. The van der Waals surface area contributed by atoms with Crippen LogP contribution in [-0.4, -0.2) is 38.6 Å². The van der Waals surface area contributed by atoms with E-state index in [1.807, 2.05) is 12.1 Å². The Bertz CT molecular complexity index is 1320. The molecular formula is C24H27N3O5S. The number of pyridine rings is 1. The summed E-state index contributed by atoms with van der Waals surface area (Å²) in [5.41, 5.74) is 1.35. The number of fused-ring (bicyclic) bond motifs is 1. The van der Waals surface area contributed by atoms with Crippen LogP contribution in [0.5, 0.6) is 0 Å². The summed E-state index contributed by atoms with van der Waals surface area (Å²) in [6, 6.07) is 11.4. The van der Waals surface area contributed by atoms with Gasteiger partial charge in [-0.15, -0.1) is 0 Å². The van der Waals surface area contributed by atoms with Gasteiger partial charge < -0.3 is 15.0 Å². The molecule has 0 unspecified atom stereocenters. The normalized spacial score (nSPS) is 16.3. The summed E-state index contributed by atoms with van der Waals surface area (Å²) < 4.78 is 33.9. The summed E-state index contributed by atoms with van der Waals surface area (Å²) in [6.45, 7) is 5.11. The van der Waals surface area contributed by atoms with Crippen molar-refractivity contribution in [3.8, 4) is 0 Å². The number of H-pyrrole nitrogens is 1. The molecule has 9 heteroatoms. The van der Waals surface area contributed by atoms with Gasteiger partial charge in [0.2, 0.25) is 5.43 Å². The molecule has 0 bridgehead atoms. The molecular weight excluding hydrogens is 442 g/mol. The van der Waals surface area contributed by atoms with Gasteiger partial charge in [-0.2, -0.15) is 0 Å². The van der Waals surface area contributed by atoms with Crippen molar-refractivity contribution in [2.75, 3.05) is 17.9 Å². The molecule has 1 saturated heterocycles. The van der Waals surface area contributed by atoms with Crippen LogP contribution in [0.25, 0.3) is 10.9 Å². The molecule has 1 amide bonds. The Hall–Kier alpha value is -3.17. The van der Waals surface area contributed by atoms with E-state index in [1.165, 1.54) is 24.4 Å². The Labute approximate surface area is 192 Å². The lowest BCUT2D eigenvalue weighted by atomic mass is 10.0. The van der Waals surface area contributed by atoms with Gasteiger partial charge in [0, 0.05) is 35.9 Å². The highest BCUT2D eigenvalue weighted by molar-refractivity contribution is 7.92. The first-order valence-corrected chi connectivity index (χ1v) is 12.4. The van der Waals surface area contributed by atoms with Crippen LogP contribution in [0.3, 0.4) is 0 Å². The average Bonchev–Trinajstić information content (AvgIpc) is 3.31. The first kappa shape index (κ1) is 23.0. The monoisotopic (exact) mass is 469 g/mol. The molecule has 33 heavy (non-hydrogen) atoms. The molecule has 1 aliphatic rings. The number of aromatic nitrogens is 1. The lowest BCUT2D eigenvalue weighted by Crippen LogP contribution is -2.34. The summed E-state index contributed by atoms with van der Waals surface area (Å²) in [4.78, 5) is 28.4. The number of hydrogen-bond acceptors (Lipinski definition) is 5. The van der Waals surface area contributed by atoms with E-state index in [-0.39, 0.29) is 21.9 Å². The Morgan fingerprint density at radius 2 is 1.94 bits per heavy atom. The Balaban J connectivity index is 1.58. The smallest absolute Gasteiger partial charge is 0.261 e. The molecule has 1 fully saturated rings. The van der Waals surface area contributed by atoms with Gasteiger partial charge in [0.15, 0.2) is 0 Å². The molecule has 0 saturated carbocycles. The van der Waals surface area contributed by atoms with Crippen LogP contribution in [0.15, 0.2) is 58.4 Å². The van der Waals surface area contributed by atoms with Gasteiger partial charge in [-0.05, 0) is 54.7 Å². The number of hydrogen-bond donors (Lipinski definition) is 3. The fourth-order valence-corrected chi connectivity index (χ4v) is 4.88. The fourth-order valence-electron chi connectivity index (χ4n) is 3.79. The highest BCUT2D eigenvalue weighted by Crippen LogP contribution is 2.22. The Morgan fingerprint density at radius 3 is 2.61 bits per heavy atom. The van der Waals surface area contributed by atoms with Gasteiger partial charge in [0.25, 0.3) is 15.9 Å². The van der Waals surface area contributed by atoms with Crippen molar-refractivity contribution in [1.82, 2.24) is 10.3 Å². The number of carbonyl (C=O) groups excluding carboxylic acids is 1. The predicted octanol–water partition coefficient (Wildman–Crippen LogP) is 3.36. The molecule has 2 aromatic carbocycles. The number of aromatic amines is 1. The van der Waals surface area contributed by atoms with Crippen LogP contribution in [0.2, 0.25) is 0 Å². The zero-order chi connectivity index (χ0) is 23.6. The third-order valence-corrected chi connectivity index (χ3v) is 7.13. The quantitative estimate of drug-likeness (QED) is 0.491. The SMILES string of the molecule is CC(C)c1ccc(NS(=O)(=O)c2ccc3[nH]cc(C(=O)NC[C@@H]4CCCO4)c(=O)c3c2)cc1. The number of rotatable bonds is 7. The molecule has 174 valence electrons. The zero-order valence-electron chi connectivity index (χ0n) is 18.6. The van der Waals surface area contributed by atoms with Gasteiger partial charge in [-0.3, -0.25) is 14.3 Å². The third kappa shape index (κ3) is 5.09. The third-order valence-electron chi connectivity index (χ3n) is 5.75. The summed E-state index contributed by atoms with van der Waals surface area (Å²) in [5.74, 6) is -0.190. The number of benzene rings is 2. The lowest BCUT2D eigenvalue weighted by molar-refractivity contribution is 0.0857. The maximum atomic E-state index is 13.0. The van der Waals surface area contributed by atoms with Crippen molar-refractivity contribution < 1.29 is 17.9 Å². The van der Waals surface area contributed by atoms with Crippen LogP contribution >= 0.6 is 0 Å². The van der Waals surface area contributed by atoms with Crippen molar-refractivity contribution in [3.05, 3.63) is 70.0 Å². The second-order valence-corrected chi connectivity index (χ2v) is 10.1. The lowest BCUT2D eigenvalue weighted by Gasteiger charge is -2.12. The predicted molar refractivity (Wildman–Crippen MR) is 127 cm³/mol. The van der Waals surface area contributed by atoms with Crippen LogP contribution in [0, 0.1) is 0 Å². The van der Waals surface area contributed by atoms with E-state index in [0.717, 1.165) is 18.4 Å². The van der Waals surface area contributed by atoms with Crippen molar-refractivity contribution in [2.45, 2.75) is 43.6 Å². The molecule has 2 heterocycles. The number of anilines is 1. The Kier molecular flexibility index (Phi) is 6.53. The number of ether oxygens (including phenoxy) is 1. The van der Waals surface area contributed by atoms with Crippen LogP contribution in [0.4, 0.5) is 5.69 Å². The molecule has 1 atom stereocenters. The second kappa shape index (κ2) is 9.36. The minimum Gasteiger partial charge on any atom is -0.376 e. The molecule has 8 nitrogen and oxygen atoms in total. The molecule has 3 N–H and O–H groups in total. The Morgan fingerprint density at radius 1 is 1.18 bits per heavy atom. The number of sulfonamides is 1. The van der Waals surface area contributed by atoms with Gasteiger partial charge in [-0.25, -0.2) is 8.42 Å². The zero-order valence-corrected chi connectivity index (χ0v) is 19.4. The minimum absolute atomic E-state index is 0.0501. The fraction of sp³-hybridized carbons (Fsp3) is 0.333. The van der Waals surface area contributed by atoms with Gasteiger partial charge >= 0.3 is 0 Å². The highest BCUT2D eigenvalue weighted by atomic mass is 32.2. The summed E-state index contributed by atoms with van der Waals surface area (Å²) in [7, 11) is -3.93. The van der Waals surface area contributed by atoms with E-state index in [0.29, 0.717) is 30.3 Å². The van der Waals surface area contributed by atoms with Crippen molar-refractivity contribution in [1.29, 1.82) is 0 Å². The molecule has 0 aliphatic carbocycles. The molecule has 0 spiro atoms. The van der Waals surface area contributed by atoms with Gasteiger partial charge in [-0.1, -0.05) is 26.0 Å². The molecule has 0 radical (unpaired) electrons. The number of amides is 1. The second-order valence-electron chi connectivity index (χ2n) is 8.47. The van der Waals surface area contributed by atoms with E-state index in [4.69, 9.17) is 4.74 Å². The molecule has 3 aromatic rings. The standard InChI is InChI=1S/C24H27N3O5S/c1-15(2)16-5-7-17(8-6-16)27-33(30,31)19-9-10-22-20(12-19)23(28)21(14-25-22)24(29)26-13-18-4-3-11-32-18/h5-10,12,14-15,18,27H,3-4,11,13H2,1-2H3,(H,25,28)(H,26,29)/t18-/m0/s1. The minimum atomic E-state index is -3.93. The number of nitrogens with one attached hydrogen (secondary N) is 3. The molecule has 1 aromatic heterocycles.